The summed E-state index contributed by atoms with van der Waals surface area (Å²) < 4.78 is 5.39. The number of pyridine rings is 1. The summed E-state index contributed by atoms with van der Waals surface area (Å²) in [5.41, 5.74) is 7.21. The smallest absolute Gasteiger partial charge is 0.124 e. The number of hydrogen-bond donors (Lipinski definition) is 2. The number of nitrogens with zero attached hydrogens (tertiary/aromatic N) is 1. The van der Waals surface area contributed by atoms with Crippen molar-refractivity contribution in [2.45, 2.75) is 19.4 Å². The van der Waals surface area contributed by atoms with Crippen molar-refractivity contribution in [3.05, 3.63) is 24.0 Å². The van der Waals surface area contributed by atoms with Gasteiger partial charge in [-0.2, -0.15) is 0 Å². The Labute approximate surface area is 107 Å². The molecule has 5 heteroatoms. The molecule has 0 aromatic carbocycles. The van der Waals surface area contributed by atoms with Crippen LogP contribution in [0, 0.1) is 5.92 Å². The van der Waals surface area contributed by atoms with Gasteiger partial charge >= 0.3 is 0 Å². The average Bonchev–Trinajstić information content (AvgIpc) is 2.83. The zero-order valence-electron chi connectivity index (χ0n) is 9.85. The first kappa shape index (κ1) is 12.3. The maximum atomic E-state index is 5.65. The Balaban J connectivity index is 2.09. The number of thiocarbonyl (C=S) groups is 1. The molecule has 4 nitrogen and oxygen atoms in total. The maximum Gasteiger partial charge on any atom is 0.124 e. The number of nitrogens with one attached hydrogen (secondary N) is 1. The fraction of sp³-hybridized carbons (Fsp3) is 0.500. The van der Waals surface area contributed by atoms with Crippen molar-refractivity contribution in [3.63, 3.8) is 0 Å². The van der Waals surface area contributed by atoms with Gasteiger partial charge in [0, 0.05) is 24.8 Å². The van der Waals surface area contributed by atoms with Gasteiger partial charge in [-0.25, -0.2) is 0 Å². The normalized spacial score (nSPS) is 21.1. The van der Waals surface area contributed by atoms with Crippen LogP contribution in [0.5, 0.6) is 0 Å². The van der Waals surface area contributed by atoms with Gasteiger partial charge in [0.15, 0.2) is 0 Å². The predicted molar refractivity (Wildman–Crippen MR) is 72.1 cm³/mol. The highest BCUT2D eigenvalue weighted by atomic mass is 32.1. The fourth-order valence-corrected chi connectivity index (χ4v) is 2.19. The zero-order valence-corrected chi connectivity index (χ0v) is 10.7. The number of rotatable bonds is 4. The third-order valence-corrected chi connectivity index (χ3v) is 3.29. The Hall–Kier alpha value is -1.20. The topological polar surface area (TPSA) is 60.2 Å². The molecule has 2 heterocycles. The first-order valence-corrected chi connectivity index (χ1v) is 6.18. The molecular weight excluding hydrogens is 234 g/mol. The van der Waals surface area contributed by atoms with Crippen LogP contribution in [0.4, 0.5) is 5.69 Å². The van der Waals surface area contributed by atoms with Crippen LogP contribution in [-0.4, -0.2) is 29.2 Å². The van der Waals surface area contributed by atoms with Gasteiger partial charge in [-0.05, 0) is 25.5 Å². The van der Waals surface area contributed by atoms with Gasteiger partial charge in [0.25, 0.3) is 0 Å². The molecule has 1 aliphatic heterocycles. The third kappa shape index (κ3) is 2.92. The van der Waals surface area contributed by atoms with E-state index in [9.17, 15) is 0 Å². The SMILES string of the molecule is CC(Nc1cccnc1C(N)=S)C1CCOC1. The summed E-state index contributed by atoms with van der Waals surface area (Å²) in [5.74, 6) is 0.536. The average molecular weight is 251 g/mol. The summed E-state index contributed by atoms with van der Waals surface area (Å²) >= 11 is 4.99. The summed E-state index contributed by atoms with van der Waals surface area (Å²) in [6, 6.07) is 4.16. The minimum absolute atomic E-state index is 0.322. The summed E-state index contributed by atoms with van der Waals surface area (Å²) in [7, 11) is 0. The predicted octanol–water partition coefficient (Wildman–Crippen LogP) is 1.55. The number of hydrogen-bond acceptors (Lipinski definition) is 4. The second-order valence-electron chi connectivity index (χ2n) is 4.32. The molecule has 1 fully saturated rings. The summed E-state index contributed by atoms with van der Waals surface area (Å²) in [6.45, 7) is 3.82. The van der Waals surface area contributed by atoms with Crippen LogP contribution in [0.2, 0.25) is 0 Å². The van der Waals surface area contributed by atoms with Crippen molar-refractivity contribution < 1.29 is 4.74 Å². The Kier molecular flexibility index (Phi) is 3.91. The molecule has 17 heavy (non-hydrogen) atoms. The molecule has 3 N–H and O–H groups in total. The molecule has 0 amide bonds. The Morgan fingerprint density at radius 1 is 1.71 bits per heavy atom. The number of nitrogens with two attached hydrogens (primary N) is 1. The van der Waals surface area contributed by atoms with E-state index in [1.54, 1.807) is 6.20 Å². The molecule has 2 atom stereocenters. The van der Waals surface area contributed by atoms with Crippen molar-refractivity contribution in [3.8, 4) is 0 Å². The van der Waals surface area contributed by atoms with E-state index >= 15 is 0 Å². The van der Waals surface area contributed by atoms with Gasteiger partial charge in [-0.1, -0.05) is 12.2 Å². The molecule has 1 aliphatic rings. The van der Waals surface area contributed by atoms with E-state index in [-0.39, 0.29) is 0 Å². The van der Waals surface area contributed by atoms with Crippen molar-refractivity contribution >= 4 is 22.9 Å². The number of aromatic nitrogens is 1. The third-order valence-electron chi connectivity index (χ3n) is 3.10. The van der Waals surface area contributed by atoms with Gasteiger partial charge in [0.1, 0.15) is 10.7 Å². The van der Waals surface area contributed by atoms with Crippen molar-refractivity contribution in [2.75, 3.05) is 18.5 Å². The minimum Gasteiger partial charge on any atom is -0.388 e. The molecule has 0 radical (unpaired) electrons. The van der Waals surface area contributed by atoms with E-state index in [0.717, 1.165) is 25.3 Å². The van der Waals surface area contributed by atoms with Crippen LogP contribution in [0.3, 0.4) is 0 Å². The summed E-state index contributed by atoms with van der Waals surface area (Å²) in [6.07, 6.45) is 2.79. The molecule has 2 unspecified atom stereocenters. The quantitative estimate of drug-likeness (QED) is 0.795. The largest absolute Gasteiger partial charge is 0.388 e. The van der Waals surface area contributed by atoms with Gasteiger partial charge in [0.2, 0.25) is 0 Å². The second kappa shape index (κ2) is 5.42. The highest BCUT2D eigenvalue weighted by molar-refractivity contribution is 7.80. The highest BCUT2D eigenvalue weighted by Crippen LogP contribution is 2.21. The van der Waals surface area contributed by atoms with E-state index in [1.165, 1.54) is 0 Å². The van der Waals surface area contributed by atoms with Crippen LogP contribution >= 0.6 is 12.2 Å². The van der Waals surface area contributed by atoms with E-state index in [0.29, 0.717) is 22.6 Å². The van der Waals surface area contributed by atoms with Gasteiger partial charge in [-0.3, -0.25) is 4.98 Å². The molecule has 0 saturated carbocycles. The van der Waals surface area contributed by atoms with E-state index in [1.807, 2.05) is 12.1 Å². The monoisotopic (exact) mass is 251 g/mol. The van der Waals surface area contributed by atoms with Crippen LogP contribution in [0.25, 0.3) is 0 Å². The lowest BCUT2D eigenvalue weighted by Crippen LogP contribution is -2.27. The molecule has 1 saturated heterocycles. The fourth-order valence-electron chi connectivity index (χ4n) is 2.03. The lowest BCUT2D eigenvalue weighted by Gasteiger charge is -2.21. The first-order chi connectivity index (χ1) is 8.18. The number of ether oxygens (including phenoxy) is 1. The second-order valence-corrected chi connectivity index (χ2v) is 4.76. The number of anilines is 1. The summed E-state index contributed by atoms with van der Waals surface area (Å²) in [5, 5.41) is 3.42. The molecule has 0 aliphatic carbocycles. The van der Waals surface area contributed by atoms with Gasteiger partial charge in [-0.15, -0.1) is 0 Å². The van der Waals surface area contributed by atoms with Crippen LogP contribution in [-0.2, 0) is 4.74 Å². The Bertz CT molecular complexity index is 404. The lowest BCUT2D eigenvalue weighted by atomic mass is 10.0. The molecule has 92 valence electrons. The summed E-state index contributed by atoms with van der Waals surface area (Å²) in [4.78, 5) is 4.52. The standard InChI is InChI=1S/C12H17N3OS/c1-8(9-4-6-16-7-9)15-10-3-2-5-14-11(10)12(13)17/h2-3,5,8-9,15H,4,6-7H2,1H3,(H2,13,17). The Morgan fingerprint density at radius 2 is 2.53 bits per heavy atom. The molecule has 2 rings (SSSR count). The molecule has 0 spiro atoms. The van der Waals surface area contributed by atoms with Crippen molar-refractivity contribution in [2.24, 2.45) is 11.7 Å². The zero-order chi connectivity index (χ0) is 12.3. The van der Waals surface area contributed by atoms with Gasteiger partial charge in [0.05, 0.1) is 12.3 Å². The molecule has 1 aromatic rings. The molecule has 1 aromatic heterocycles. The highest BCUT2D eigenvalue weighted by Gasteiger charge is 2.22. The minimum atomic E-state index is 0.322. The van der Waals surface area contributed by atoms with Crippen LogP contribution in [0.15, 0.2) is 18.3 Å². The molecule has 0 bridgehead atoms. The first-order valence-electron chi connectivity index (χ1n) is 5.77. The lowest BCUT2D eigenvalue weighted by molar-refractivity contribution is 0.183. The van der Waals surface area contributed by atoms with E-state index < -0.39 is 0 Å². The van der Waals surface area contributed by atoms with Crippen LogP contribution < -0.4 is 11.1 Å². The van der Waals surface area contributed by atoms with Crippen molar-refractivity contribution in [1.29, 1.82) is 0 Å². The van der Waals surface area contributed by atoms with Crippen LogP contribution in [0.1, 0.15) is 19.0 Å². The Morgan fingerprint density at radius 3 is 3.18 bits per heavy atom. The van der Waals surface area contributed by atoms with Crippen molar-refractivity contribution in [1.82, 2.24) is 4.98 Å². The van der Waals surface area contributed by atoms with E-state index in [2.05, 4.69) is 17.2 Å². The maximum absolute atomic E-state index is 5.65. The van der Waals surface area contributed by atoms with E-state index in [4.69, 9.17) is 22.7 Å². The van der Waals surface area contributed by atoms with Gasteiger partial charge < -0.3 is 15.8 Å². The molecular formula is C12H17N3OS.